The van der Waals surface area contributed by atoms with Crippen LogP contribution in [0.3, 0.4) is 0 Å². The lowest BCUT2D eigenvalue weighted by Gasteiger charge is -2.35. The van der Waals surface area contributed by atoms with Crippen molar-refractivity contribution in [3.63, 3.8) is 0 Å². The van der Waals surface area contributed by atoms with E-state index in [1.807, 2.05) is 81.7 Å². The number of nitrogens with zero attached hydrogens (tertiary/aromatic N) is 5. The fourth-order valence-corrected chi connectivity index (χ4v) is 8.92. The van der Waals surface area contributed by atoms with Crippen LogP contribution < -0.4 is 26.0 Å². The largest absolute Gasteiger partial charge is 0.494 e. The van der Waals surface area contributed by atoms with Gasteiger partial charge in [-0.25, -0.2) is 14.4 Å². The predicted octanol–water partition coefficient (Wildman–Crippen LogP) is 6.26. The monoisotopic (exact) mass is 1020 g/mol. The van der Waals surface area contributed by atoms with E-state index in [1.54, 1.807) is 23.3 Å². The van der Waals surface area contributed by atoms with Gasteiger partial charge in [0.25, 0.3) is 0 Å². The number of hydrogen-bond acceptors (Lipinski definition) is 15. The summed E-state index contributed by atoms with van der Waals surface area (Å²) in [7, 11) is 1.76. The van der Waals surface area contributed by atoms with Gasteiger partial charge in [-0.3, -0.25) is 19.2 Å². The van der Waals surface area contributed by atoms with Crippen LogP contribution in [0.5, 0.6) is 5.75 Å². The Morgan fingerprint density at radius 2 is 1.60 bits per heavy atom. The van der Waals surface area contributed by atoms with Gasteiger partial charge in [-0.15, -0.1) is 11.3 Å². The third-order valence-electron chi connectivity index (χ3n) is 12.5. The van der Waals surface area contributed by atoms with Gasteiger partial charge in [0, 0.05) is 90.7 Å². The van der Waals surface area contributed by atoms with Crippen molar-refractivity contribution in [2.45, 2.75) is 104 Å². The molecule has 72 heavy (non-hydrogen) atoms. The number of anilines is 3. The normalized spacial score (nSPS) is 16.2. The first kappa shape index (κ1) is 55.5. The van der Waals surface area contributed by atoms with Crippen molar-refractivity contribution in [2.75, 3.05) is 83.6 Å². The summed E-state index contributed by atoms with van der Waals surface area (Å²) in [5.41, 5.74) is 4.75. The second kappa shape index (κ2) is 27.9. The van der Waals surface area contributed by atoms with Crippen LogP contribution in [0, 0.1) is 24.1 Å². The highest BCUT2D eigenvalue weighted by Gasteiger charge is 2.44. The molecular weight excluding hydrogens is 946 g/mol. The fraction of sp³-hybridized carbons (Fsp3) is 0.558. The van der Waals surface area contributed by atoms with Gasteiger partial charge in [0.1, 0.15) is 24.4 Å². The number of β-amino-alcohol motifs (C(OH)–C–C–N with tert-alkyl or cyclic N) is 1. The Labute approximate surface area is 426 Å². The number of likely N-dealkylation sites (N-methyl/N-ethyl adjacent to an activating group) is 1. The molecule has 1 saturated heterocycles. The van der Waals surface area contributed by atoms with Gasteiger partial charge >= 0.3 is 0 Å². The molecule has 0 bridgehead atoms. The number of aliphatic hydroxyl groups is 1. The molecule has 2 aromatic carbocycles. The molecule has 2 aliphatic rings. The fourth-order valence-electron chi connectivity index (χ4n) is 8.11. The molecule has 2 aromatic heterocycles. The molecule has 0 unspecified atom stereocenters. The Kier molecular flexibility index (Phi) is 21.5. The van der Waals surface area contributed by atoms with Gasteiger partial charge in [0.2, 0.25) is 29.6 Å². The summed E-state index contributed by atoms with van der Waals surface area (Å²) >= 11 is 1.57. The van der Waals surface area contributed by atoms with E-state index in [0.717, 1.165) is 66.4 Å². The first-order chi connectivity index (χ1) is 34.7. The first-order valence-corrected chi connectivity index (χ1v) is 25.8. The smallest absolute Gasteiger partial charge is 0.246 e. The van der Waals surface area contributed by atoms with Crippen molar-refractivity contribution in [1.82, 2.24) is 35.4 Å². The Hall–Kier alpha value is -5.80. The average Bonchev–Trinajstić information content (AvgIpc) is 3.96. The van der Waals surface area contributed by atoms with Gasteiger partial charge in [-0.05, 0) is 79.8 Å². The highest BCUT2D eigenvalue weighted by atomic mass is 32.1. The Balaban J connectivity index is 0.767. The number of aliphatic hydroxyl groups excluding tert-OH is 1. The van der Waals surface area contributed by atoms with Crippen LogP contribution >= 0.6 is 11.3 Å². The number of nitrogens with one attached hydrogen (secondary N) is 4. The summed E-state index contributed by atoms with van der Waals surface area (Å²) in [5, 5.41) is 22.3. The van der Waals surface area contributed by atoms with Crippen LogP contribution in [0.2, 0.25) is 0 Å². The molecule has 0 spiro atoms. The van der Waals surface area contributed by atoms with Crippen molar-refractivity contribution in [3.8, 4) is 16.2 Å². The van der Waals surface area contributed by atoms with Gasteiger partial charge in [-0.2, -0.15) is 4.98 Å². The number of carbonyl (C=O) groups is 4. The Bertz CT molecular complexity index is 2350. The van der Waals surface area contributed by atoms with E-state index in [2.05, 4.69) is 36.2 Å². The molecular formula is C52H72FN9O9S. The van der Waals surface area contributed by atoms with Crippen molar-refractivity contribution < 1.29 is 47.6 Å². The number of amides is 4. The van der Waals surface area contributed by atoms with Crippen molar-refractivity contribution in [3.05, 3.63) is 77.3 Å². The van der Waals surface area contributed by atoms with Gasteiger partial charge in [-0.1, -0.05) is 51.5 Å². The molecule has 5 N–H and O–H groups in total. The first-order valence-electron chi connectivity index (χ1n) is 25.0. The summed E-state index contributed by atoms with van der Waals surface area (Å²) in [6.45, 7) is 11.3. The number of likely N-dealkylation sites (tertiary alicyclic amines) is 1. The maximum absolute atomic E-state index is 14.4. The molecule has 2 fully saturated rings. The lowest BCUT2D eigenvalue weighted by Crippen LogP contribution is -2.58. The molecule has 6 rings (SSSR count). The minimum atomic E-state index is -0.947. The lowest BCUT2D eigenvalue weighted by molar-refractivity contribution is -0.144. The molecule has 20 heteroatoms. The number of ether oxygens (including phenoxy) is 4. The van der Waals surface area contributed by atoms with E-state index < -0.39 is 41.2 Å². The van der Waals surface area contributed by atoms with Crippen LogP contribution in [0.25, 0.3) is 10.4 Å². The summed E-state index contributed by atoms with van der Waals surface area (Å²) in [5.74, 6) is -0.573. The molecule has 392 valence electrons. The Morgan fingerprint density at radius 3 is 2.25 bits per heavy atom. The number of hydrogen-bond donors (Lipinski definition) is 5. The predicted molar refractivity (Wildman–Crippen MR) is 273 cm³/mol. The van der Waals surface area contributed by atoms with E-state index in [-0.39, 0.29) is 55.6 Å². The number of carbonyl (C=O) groups excluding carboxylic acids is 4. The summed E-state index contributed by atoms with van der Waals surface area (Å²) < 4.78 is 37.3. The number of aromatic nitrogens is 3. The molecule has 1 aliphatic carbocycles. The standard InChI is InChI=1S/C52H72FN9O9S/c1-35-45(72-34-57-35)37-15-13-36(14-16-37)30-55-48(65)43-29-40(63)32-62(43)50(67)46(52(2,3)4)59-44(64)33-70-27-9-25-68-23-6-7-24-69-26-10-28-71-41-19-17-39(18-20-41)58-51-56-31-42(53)47(60-51)54-21-22-61(5)49(66)38-11-8-12-38/h13-20,31,34,38,40,43,46,63H,6-12,21-30,32-33H2,1-5H3,(H,55,65)(H,59,64)(H2,54,56,58,60)/t40-,43+,46-/m0/s1. The molecule has 1 aliphatic heterocycles. The maximum Gasteiger partial charge on any atom is 0.246 e. The number of benzene rings is 2. The van der Waals surface area contributed by atoms with Crippen LogP contribution in [-0.2, 0) is 39.9 Å². The Morgan fingerprint density at radius 1 is 0.917 bits per heavy atom. The van der Waals surface area contributed by atoms with E-state index in [4.69, 9.17) is 18.9 Å². The minimum absolute atomic E-state index is 0.00891. The van der Waals surface area contributed by atoms with Gasteiger partial charge < -0.3 is 55.1 Å². The highest BCUT2D eigenvalue weighted by molar-refractivity contribution is 7.13. The topological polar surface area (TPSA) is 219 Å². The molecule has 4 amide bonds. The highest BCUT2D eigenvalue weighted by Crippen LogP contribution is 2.30. The molecule has 0 radical (unpaired) electrons. The molecule has 18 nitrogen and oxygen atoms in total. The summed E-state index contributed by atoms with van der Waals surface area (Å²) in [4.78, 5) is 69.4. The molecule has 4 aromatic rings. The third-order valence-corrected chi connectivity index (χ3v) is 13.5. The van der Waals surface area contributed by atoms with Crippen molar-refractivity contribution in [1.29, 1.82) is 0 Å². The lowest BCUT2D eigenvalue weighted by atomic mass is 9.84. The van der Waals surface area contributed by atoms with Crippen LogP contribution in [-0.4, -0.2) is 145 Å². The van der Waals surface area contributed by atoms with Crippen molar-refractivity contribution >= 4 is 52.4 Å². The van der Waals surface area contributed by atoms with E-state index >= 15 is 0 Å². The van der Waals surface area contributed by atoms with E-state index in [9.17, 15) is 28.7 Å². The zero-order chi connectivity index (χ0) is 51.5. The van der Waals surface area contributed by atoms with Crippen LogP contribution in [0.15, 0.2) is 60.2 Å². The number of unbranched alkanes of at least 4 members (excludes halogenated alkanes) is 1. The second-order valence-electron chi connectivity index (χ2n) is 19.3. The number of rotatable bonds is 29. The van der Waals surface area contributed by atoms with E-state index in [0.29, 0.717) is 70.6 Å². The summed E-state index contributed by atoms with van der Waals surface area (Å²) in [6, 6.07) is 13.4. The van der Waals surface area contributed by atoms with Gasteiger partial charge in [0.15, 0.2) is 11.6 Å². The summed E-state index contributed by atoms with van der Waals surface area (Å²) in [6.07, 6.45) is 6.31. The average molecular weight is 1020 g/mol. The SMILES string of the molecule is Cc1ncsc1-c1ccc(CNC(=O)[C@H]2C[C@H](O)CN2C(=O)[C@H](NC(=O)COCCCOCCCCOCCCOc2ccc(Nc3ncc(F)c(NCCN(C)C(=O)C4CCC4)n3)cc2)C(C)(C)C)cc1. The van der Waals surface area contributed by atoms with Crippen molar-refractivity contribution in [2.24, 2.45) is 11.3 Å². The minimum Gasteiger partial charge on any atom is -0.494 e. The zero-order valence-electron chi connectivity index (χ0n) is 42.3. The molecule has 3 heterocycles. The third kappa shape index (κ3) is 17.2. The molecule has 3 atom stereocenters. The second-order valence-corrected chi connectivity index (χ2v) is 20.2. The number of aryl methyl sites for hydroxylation is 1. The van der Waals surface area contributed by atoms with E-state index in [1.165, 1.54) is 4.90 Å². The zero-order valence-corrected chi connectivity index (χ0v) is 43.1. The van der Waals surface area contributed by atoms with Gasteiger partial charge in [0.05, 0.1) is 35.0 Å². The van der Waals surface area contributed by atoms with Crippen LogP contribution in [0.4, 0.5) is 21.8 Å². The molecule has 1 saturated carbocycles. The van der Waals surface area contributed by atoms with Crippen LogP contribution in [0.1, 0.15) is 83.4 Å². The maximum atomic E-state index is 14.4. The number of thiazole rings is 1. The quantitative estimate of drug-likeness (QED) is 0.0380. The number of halogens is 1.